The van der Waals surface area contributed by atoms with E-state index in [1.54, 1.807) is 0 Å². The Hall–Kier alpha value is -0.560. The third kappa shape index (κ3) is 1.93. The Labute approximate surface area is 94.2 Å². The van der Waals surface area contributed by atoms with Gasteiger partial charge in [-0.2, -0.15) is 0 Å². The molecule has 1 atom stereocenters. The summed E-state index contributed by atoms with van der Waals surface area (Å²) in [7, 11) is 0. The number of halogens is 1. The van der Waals surface area contributed by atoms with Gasteiger partial charge >= 0.3 is 0 Å². The predicted molar refractivity (Wildman–Crippen MR) is 65.7 cm³/mol. The fraction of sp³-hybridized carbons (Fsp3) is 0.385. The van der Waals surface area contributed by atoms with Crippen molar-refractivity contribution in [3.63, 3.8) is 0 Å². The van der Waals surface area contributed by atoms with Gasteiger partial charge in [-0.25, -0.2) is 0 Å². The lowest BCUT2D eigenvalue weighted by Crippen LogP contribution is -2.01. The minimum atomic E-state index is 0.569. The molecule has 0 N–H and O–H groups in total. The van der Waals surface area contributed by atoms with Crippen molar-refractivity contribution in [3.05, 3.63) is 41.0 Å². The maximum Gasteiger partial charge on any atom is 0.0361 e. The Kier molecular flexibility index (Phi) is 3.07. The van der Waals surface area contributed by atoms with E-state index in [0.717, 1.165) is 6.42 Å². The first-order valence-corrected chi connectivity index (χ1v) is 6.15. The third-order valence-electron chi connectivity index (χ3n) is 2.74. The highest BCUT2D eigenvalue weighted by Gasteiger charge is 2.17. The van der Waals surface area contributed by atoms with E-state index in [-0.39, 0.29) is 0 Å². The van der Waals surface area contributed by atoms with Gasteiger partial charge in [-0.3, -0.25) is 0 Å². The van der Waals surface area contributed by atoms with Crippen molar-refractivity contribution >= 4 is 22.0 Å². The maximum atomic E-state index is 3.76. The predicted octanol–water partition coefficient (Wildman–Crippen LogP) is 4.19. The van der Waals surface area contributed by atoms with Gasteiger partial charge < -0.3 is 0 Å². The van der Waals surface area contributed by atoms with Gasteiger partial charge in [0, 0.05) is 4.83 Å². The molecule has 0 aromatic heterocycles. The highest BCUT2D eigenvalue weighted by atomic mass is 79.9. The average Bonchev–Trinajstić information content (AvgIpc) is 2.61. The van der Waals surface area contributed by atoms with Crippen LogP contribution in [0.3, 0.4) is 0 Å². The molecule has 0 heterocycles. The van der Waals surface area contributed by atoms with Crippen LogP contribution in [0.25, 0.3) is 6.08 Å². The molecule has 14 heavy (non-hydrogen) atoms. The maximum absolute atomic E-state index is 3.76. The van der Waals surface area contributed by atoms with Gasteiger partial charge in [-0.15, -0.1) is 0 Å². The van der Waals surface area contributed by atoms with Crippen molar-refractivity contribution in [3.8, 4) is 0 Å². The number of alkyl halides is 1. The molecule has 0 saturated heterocycles. The van der Waals surface area contributed by atoms with Crippen LogP contribution < -0.4 is 0 Å². The number of rotatable bonds is 3. The van der Waals surface area contributed by atoms with Crippen LogP contribution in [0.4, 0.5) is 0 Å². The Morgan fingerprint density at radius 2 is 2.14 bits per heavy atom. The topological polar surface area (TPSA) is 0 Å². The number of allylic oxidation sites excluding steroid dienone is 1. The molecule has 0 aliphatic heterocycles. The zero-order chi connectivity index (χ0) is 9.97. The van der Waals surface area contributed by atoms with Crippen LogP contribution in [-0.2, 0) is 6.42 Å². The van der Waals surface area contributed by atoms with Crippen LogP contribution in [0.2, 0.25) is 0 Å². The van der Waals surface area contributed by atoms with Crippen molar-refractivity contribution in [2.24, 2.45) is 0 Å². The summed E-state index contributed by atoms with van der Waals surface area (Å²) in [6.07, 6.45) is 5.94. The molecule has 0 spiro atoms. The normalized spacial score (nSPS) is 16.3. The van der Waals surface area contributed by atoms with Gasteiger partial charge in [0.05, 0.1) is 0 Å². The van der Waals surface area contributed by atoms with E-state index in [4.69, 9.17) is 0 Å². The first kappa shape index (κ1) is 9.97. The molecule has 0 radical (unpaired) electrons. The number of fused-ring (bicyclic) bond motifs is 1. The van der Waals surface area contributed by atoms with Crippen LogP contribution in [0.15, 0.2) is 29.8 Å². The summed E-state index contributed by atoms with van der Waals surface area (Å²) in [6.45, 7) is 2.23. The summed E-state index contributed by atoms with van der Waals surface area (Å²) in [5.41, 5.74) is 4.42. The molecule has 0 saturated carbocycles. The van der Waals surface area contributed by atoms with E-state index >= 15 is 0 Å². The molecule has 1 aliphatic rings. The molecule has 1 unspecified atom stereocenters. The smallest absolute Gasteiger partial charge is 0.0361 e. The van der Waals surface area contributed by atoms with Gasteiger partial charge in [-0.05, 0) is 24.0 Å². The van der Waals surface area contributed by atoms with E-state index in [1.165, 1.54) is 29.5 Å². The fourth-order valence-corrected chi connectivity index (χ4v) is 2.70. The van der Waals surface area contributed by atoms with Crippen molar-refractivity contribution in [1.82, 2.24) is 0 Å². The first-order chi connectivity index (χ1) is 6.81. The Morgan fingerprint density at radius 1 is 1.36 bits per heavy atom. The van der Waals surface area contributed by atoms with Crippen molar-refractivity contribution < 1.29 is 0 Å². The van der Waals surface area contributed by atoms with Crippen molar-refractivity contribution in [2.45, 2.75) is 31.0 Å². The zero-order valence-corrected chi connectivity index (χ0v) is 10.0. The number of hydrogen-bond donors (Lipinski definition) is 0. The van der Waals surface area contributed by atoms with Gasteiger partial charge in [0.25, 0.3) is 0 Å². The van der Waals surface area contributed by atoms with Crippen LogP contribution in [0.5, 0.6) is 0 Å². The van der Waals surface area contributed by atoms with E-state index in [9.17, 15) is 0 Å². The summed E-state index contributed by atoms with van der Waals surface area (Å²) in [5.74, 6) is 0. The van der Waals surface area contributed by atoms with E-state index in [0.29, 0.717) is 4.83 Å². The standard InChI is InChI=1S/C13H15Br/c1-2-5-13(14)12-8-10-6-3-4-7-11(10)9-12/h3-4,6-8,13H,2,5,9H2,1H3. The SMILES string of the molecule is CCCC(Br)C1=Cc2ccccc2C1. The minimum Gasteiger partial charge on any atom is -0.0842 e. The molecule has 0 amide bonds. The highest BCUT2D eigenvalue weighted by molar-refractivity contribution is 9.09. The van der Waals surface area contributed by atoms with Gasteiger partial charge in [0.1, 0.15) is 0 Å². The summed E-state index contributed by atoms with van der Waals surface area (Å²) in [6, 6.07) is 8.67. The molecule has 74 valence electrons. The Morgan fingerprint density at radius 3 is 2.86 bits per heavy atom. The quantitative estimate of drug-likeness (QED) is 0.706. The average molecular weight is 251 g/mol. The van der Waals surface area contributed by atoms with Crippen molar-refractivity contribution in [1.29, 1.82) is 0 Å². The molecule has 1 heteroatoms. The van der Waals surface area contributed by atoms with Gasteiger partial charge in [0.15, 0.2) is 0 Å². The molecule has 1 aromatic rings. The lowest BCUT2D eigenvalue weighted by molar-refractivity contribution is 0.802. The van der Waals surface area contributed by atoms with Gasteiger partial charge in [0.2, 0.25) is 0 Å². The summed E-state index contributed by atoms with van der Waals surface area (Å²) < 4.78 is 0. The summed E-state index contributed by atoms with van der Waals surface area (Å²) >= 11 is 3.76. The monoisotopic (exact) mass is 250 g/mol. The van der Waals surface area contributed by atoms with Crippen LogP contribution in [0.1, 0.15) is 30.9 Å². The second-order valence-electron chi connectivity index (χ2n) is 3.85. The molecular formula is C13H15Br. The van der Waals surface area contributed by atoms with Crippen LogP contribution in [-0.4, -0.2) is 4.83 Å². The molecule has 0 fully saturated rings. The molecule has 1 aromatic carbocycles. The van der Waals surface area contributed by atoms with E-state index in [2.05, 4.69) is 53.2 Å². The third-order valence-corrected chi connectivity index (χ3v) is 3.78. The van der Waals surface area contributed by atoms with E-state index in [1.807, 2.05) is 0 Å². The molecule has 0 bridgehead atoms. The number of hydrogen-bond acceptors (Lipinski definition) is 0. The largest absolute Gasteiger partial charge is 0.0842 e. The second kappa shape index (κ2) is 4.31. The molecular weight excluding hydrogens is 236 g/mol. The molecule has 2 rings (SSSR count). The minimum absolute atomic E-state index is 0.569. The highest BCUT2D eigenvalue weighted by Crippen LogP contribution is 2.31. The van der Waals surface area contributed by atoms with E-state index < -0.39 is 0 Å². The molecule has 0 nitrogen and oxygen atoms in total. The summed E-state index contributed by atoms with van der Waals surface area (Å²) in [5, 5.41) is 0. The van der Waals surface area contributed by atoms with Crippen LogP contribution in [0, 0.1) is 0 Å². The number of benzene rings is 1. The van der Waals surface area contributed by atoms with Crippen molar-refractivity contribution in [2.75, 3.05) is 0 Å². The molecule has 1 aliphatic carbocycles. The van der Waals surface area contributed by atoms with Gasteiger partial charge in [-0.1, -0.05) is 65.2 Å². The second-order valence-corrected chi connectivity index (χ2v) is 4.96. The van der Waals surface area contributed by atoms with Crippen LogP contribution >= 0.6 is 15.9 Å². The first-order valence-electron chi connectivity index (χ1n) is 5.23. The Bertz CT molecular complexity index is 352. The zero-order valence-electron chi connectivity index (χ0n) is 8.46. The lowest BCUT2D eigenvalue weighted by atomic mass is 10.1. The Balaban J connectivity index is 2.15. The lowest BCUT2D eigenvalue weighted by Gasteiger charge is -2.08. The fourth-order valence-electron chi connectivity index (χ4n) is 1.95. The summed E-state index contributed by atoms with van der Waals surface area (Å²) in [4.78, 5) is 0.569.